The summed E-state index contributed by atoms with van der Waals surface area (Å²) in [4.78, 5) is 23.5. The van der Waals surface area contributed by atoms with Gasteiger partial charge in [0.2, 0.25) is 15.9 Å². The van der Waals surface area contributed by atoms with E-state index in [9.17, 15) is 22.4 Å². The van der Waals surface area contributed by atoms with E-state index in [-0.39, 0.29) is 23.0 Å². The van der Waals surface area contributed by atoms with E-state index in [0.29, 0.717) is 16.8 Å². The third-order valence-electron chi connectivity index (χ3n) is 4.54. The maximum Gasteiger partial charge on any atom is 0.255 e. The number of rotatable bonds is 7. The Morgan fingerprint density at radius 3 is 2.19 bits per heavy atom. The average molecular weight is 456 g/mol. The van der Waals surface area contributed by atoms with Crippen LogP contribution in [0.3, 0.4) is 0 Å². The second-order valence-corrected chi connectivity index (χ2v) is 8.93. The Morgan fingerprint density at radius 1 is 0.906 bits per heavy atom. The minimum Gasteiger partial charge on any atom is -0.326 e. The molecular weight excluding hydrogens is 433 g/mol. The molecule has 0 saturated heterocycles. The molecule has 0 spiro atoms. The largest absolute Gasteiger partial charge is 0.326 e. The molecule has 0 saturated carbocycles. The topological polar surface area (TPSA) is 104 Å². The third-order valence-corrected chi connectivity index (χ3v) is 5.95. The third kappa shape index (κ3) is 5.99. The molecule has 9 heteroatoms. The van der Waals surface area contributed by atoms with Crippen LogP contribution < -0.4 is 15.4 Å². The van der Waals surface area contributed by atoms with Gasteiger partial charge in [-0.05, 0) is 66.6 Å². The van der Waals surface area contributed by atoms with Gasteiger partial charge in [-0.15, -0.1) is 0 Å². The molecule has 0 fully saturated rings. The summed E-state index contributed by atoms with van der Waals surface area (Å²) in [7, 11) is -3.76. The fourth-order valence-corrected chi connectivity index (χ4v) is 3.90. The smallest absolute Gasteiger partial charge is 0.255 e. The van der Waals surface area contributed by atoms with Gasteiger partial charge in [-0.2, -0.15) is 0 Å². The van der Waals surface area contributed by atoms with Crippen molar-refractivity contribution in [3.05, 3.63) is 89.2 Å². The van der Waals surface area contributed by atoms with Gasteiger partial charge in [-0.3, -0.25) is 9.59 Å². The number of amides is 2. The van der Waals surface area contributed by atoms with Crippen molar-refractivity contribution in [2.75, 3.05) is 10.6 Å². The van der Waals surface area contributed by atoms with E-state index in [2.05, 4.69) is 15.4 Å². The summed E-state index contributed by atoms with van der Waals surface area (Å²) in [6.45, 7) is 3.18. The van der Waals surface area contributed by atoms with E-state index in [1.54, 1.807) is 31.2 Å². The number of nitrogens with one attached hydrogen (secondary N) is 3. The van der Waals surface area contributed by atoms with Crippen molar-refractivity contribution >= 4 is 33.2 Å². The standard InChI is InChI=1S/C23H22FN3O4S/c1-15-3-12-21(24)22(13-15)27-23(29)18-6-4-17(5-7-18)14-25-32(30,31)20-10-8-19(9-11-20)26-16(2)28/h3-13,25H,14H2,1-2H3,(H,26,28)(H,27,29). The first-order valence-corrected chi connectivity index (χ1v) is 11.2. The molecule has 0 aliphatic carbocycles. The van der Waals surface area contributed by atoms with Crippen molar-refractivity contribution in [1.82, 2.24) is 4.72 Å². The first-order valence-electron chi connectivity index (χ1n) is 9.68. The van der Waals surface area contributed by atoms with E-state index in [0.717, 1.165) is 5.56 Å². The van der Waals surface area contributed by atoms with Gasteiger partial charge < -0.3 is 10.6 Å². The van der Waals surface area contributed by atoms with E-state index in [1.165, 1.54) is 49.4 Å². The van der Waals surface area contributed by atoms with Gasteiger partial charge in [0.25, 0.3) is 5.91 Å². The minimum absolute atomic E-state index is 0.0180. The van der Waals surface area contributed by atoms with Crippen LogP contribution in [0.5, 0.6) is 0 Å². The van der Waals surface area contributed by atoms with Gasteiger partial charge in [0.15, 0.2) is 0 Å². The predicted octanol–water partition coefficient (Wildman–Crippen LogP) is 3.82. The SMILES string of the molecule is CC(=O)Nc1ccc(S(=O)(=O)NCc2ccc(C(=O)Nc3cc(C)ccc3F)cc2)cc1. The highest BCUT2D eigenvalue weighted by Gasteiger charge is 2.14. The lowest BCUT2D eigenvalue weighted by atomic mass is 10.1. The van der Waals surface area contributed by atoms with Crippen LogP contribution >= 0.6 is 0 Å². The Morgan fingerprint density at radius 2 is 1.56 bits per heavy atom. The number of anilines is 2. The monoisotopic (exact) mass is 455 g/mol. The summed E-state index contributed by atoms with van der Waals surface area (Å²) in [5.41, 5.74) is 2.36. The Hall–Kier alpha value is -3.56. The number of carbonyl (C=O) groups excluding carboxylic acids is 2. The zero-order chi connectivity index (χ0) is 23.3. The highest BCUT2D eigenvalue weighted by molar-refractivity contribution is 7.89. The minimum atomic E-state index is -3.76. The molecule has 3 rings (SSSR count). The molecule has 0 aliphatic heterocycles. The normalized spacial score (nSPS) is 11.1. The van der Waals surface area contributed by atoms with E-state index >= 15 is 0 Å². The molecule has 0 radical (unpaired) electrons. The van der Waals surface area contributed by atoms with Gasteiger partial charge in [0.05, 0.1) is 10.6 Å². The van der Waals surface area contributed by atoms with Crippen LogP contribution in [0.2, 0.25) is 0 Å². The van der Waals surface area contributed by atoms with Crippen LogP contribution in [0.15, 0.2) is 71.6 Å². The summed E-state index contributed by atoms with van der Waals surface area (Å²) < 4.78 is 41.3. The van der Waals surface area contributed by atoms with Crippen LogP contribution in [-0.2, 0) is 21.4 Å². The number of hydrogen-bond acceptors (Lipinski definition) is 4. The molecule has 3 N–H and O–H groups in total. The predicted molar refractivity (Wildman–Crippen MR) is 120 cm³/mol. The van der Waals surface area contributed by atoms with Crippen LogP contribution in [0, 0.1) is 12.7 Å². The molecule has 3 aromatic carbocycles. The molecule has 0 unspecified atom stereocenters. The first-order chi connectivity index (χ1) is 15.1. The average Bonchev–Trinajstić information content (AvgIpc) is 2.75. The zero-order valence-electron chi connectivity index (χ0n) is 17.5. The molecule has 0 heterocycles. The summed E-state index contributed by atoms with van der Waals surface area (Å²) >= 11 is 0. The van der Waals surface area contributed by atoms with E-state index < -0.39 is 21.7 Å². The van der Waals surface area contributed by atoms with Crippen molar-refractivity contribution in [3.63, 3.8) is 0 Å². The number of benzene rings is 3. The number of halogens is 1. The van der Waals surface area contributed by atoms with Gasteiger partial charge in [0.1, 0.15) is 5.82 Å². The second kappa shape index (κ2) is 9.71. The number of aryl methyl sites for hydroxylation is 1. The Bertz CT molecular complexity index is 1240. The fourth-order valence-electron chi connectivity index (χ4n) is 2.89. The van der Waals surface area contributed by atoms with Gasteiger partial charge >= 0.3 is 0 Å². The molecule has 3 aromatic rings. The number of carbonyl (C=O) groups is 2. The van der Waals surface area contributed by atoms with Gasteiger partial charge in [-0.1, -0.05) is 18.2 Å². The van der Waals surface area contributed by atoms with Crippen LogP contribution in [0.4, 0.5) is 15.8 Å². The summed E-state index contributed by atoms with van der Waals surface area (Å²) in [5.74, 6) is -1.25. The van der Waals surface area contributed by atoms with E-state index in [1.807, 2.05) is 0 Å². The van der Waals surface area contributed by atoms with Crippen molar-refractivity contribution < 1.29 is 22.4 Å². The Kier molecular flexibility index (Phi) is 7.01. The first kappa shape index (κ1) is 23.1. The molecule has 166 valence electrons. The second-order valence-electron chi connectivity index (χ2n) is 7.16. The summed E-state index contributed by atoms with van der Waals surface area (Å²) in [6.07, 6.45) is 0. The molecule has 0 aliphatic rings. The highest BCUT2D eigenvalue weighted by atomic mass is 32.2. The number of hydrogen-bond donors (Lipinski definition) is 3. The maximum absolute atomic E-state index is 13.8. The molecule has 32 heavy (non-hydrogen) atoms. The Labute approximate surface area is 185 Å². The molecular formula is C23H22FN3O4S. The lowest BCUT2D eigenvalue weighted by Gasteiger charge is -2.10. The lowest BCUT2D eigenvalue weighted by Crippen LogP contribution is -2.23. The molecule has 0 atom stereocenters. The van der Waals surface area contributed by atoms with Crippen molar-refractivity contribution in [3.8, 4) is 0 Å². The fraction of sp³-hybridized carbons (Fsp3) is 0.130. The van der Waals surface area contributed by atoms with Crippen molar-refractivity contribution in [2.45, 2.75) is 25.3 Å². The van der Waals surface area contributed by atoms with Crippen molar-refractivity contribution in [2.24, 2.45) is 0 Å². The molecule has 0 aromatic heterocycles. The van der Waals surface area contributed by atoms with Gasteiger partial charge in [0, 0.05) is 24.7 Å². The van der Waals surface area contributed by atoms with Crippen molar-refractivity contribution in [1.29, 1.82) is 0 Å². The molecule has 7 nitrogen and oxygen atoms in total. The van der Waals surface area contributed by atoms with Crippen LogP contribution in [0.25, 0.3) is 0 Å². The van der Waals surface area contributed by atoms with Crippen LogP contribution in [0.1, 0.15) is 28.4 Å². The summed E-state index contributed by atoms with van der Waals surface area (Å²) in [5, 5.41) is 5.10. The quantitative estimate of drug-likeness (QED) is 0.504. The zero-order valence-corrected chi connectivity index (χ0v) is 18.3. The van der Waals surface area contributed by atoms with Crippen LogP contribution in [-0.4, -0.2) is 20.2 Å². The van der Waals surface area contributed by atoms with E-state index in [4.69, 9.17) is 0 Å². The number of sulfonamides is 1. The van der Waals surface area contributed by atoms with Gasteiger partial charge in [-0.25, -0.2) is 17.5 Å². The Balaban J connectivity index is 1.62. The molecule has 2 amide bonds. The maximum atomic E-state index is 13.8. The lowest BCUT2D eigenvalue weighted by molar-refractivity contribution is -0.114. The molecule has 0 bridgehead atoms. The summed E-state index contributed by atoms with van der Waals surface area (Å²) in [6, 6.07) is 16.5. The highest BCUT2D eigenvalue weighted by Crippen LogP contribution is 2.18.